The lowest BCUT2D eigenvalue weighted by molar-refractivity contribution is -0.118. The predicted molar refractivity (Wildman–Crippen MR) is 101 cm³/mol. The summed E-state index contributed by atoms with van der Waals surface area (Å²) in [7, 11) is 0. The SMILES string of the molecule is O=C1N/C(=N/N=C\c2ccccc2)S[C@H]1Cc1ccc(Cl)c(Cl)c1. The van der Waals surface area contributed by atoms with E-state index in [9.17, 15) is 4.79 Å². The maximum Gasteiger partial charge on any atom is 0.239 e. The summed E-state index contributed by atoms with van der Waals surface area (Å²) in [6, 6.07) is 15.0. The molecule has 122 valence electrons. The van der Waals surface area contributed by atoms with Gasteiger partial charge in [-0.15, -0.1) is 5.10 Å². The number of nitrogens with zero attached hydrogens (tertiary/aromatic N) is 2. The fourth-order valence-corrected chi connectivity index (χ4v) is 3.44. The smallest absolute Gasteiger partial charge is 0.239 e. The van der Waals surface area contributed by atoms with E-state index in [-0.39, 0.29) is 11.2 Å². The first-order chi connectivity index (χ1) is 11.6. The third-order valence-corrected chi connectivity index (χ3v) is 5.15. The molecular weight excluding hydrogens is 365 g/mol. The van der Waals surface area contributed by atoms with Crippen molar-refractivity contribution in [3.05, 3.63) is 69.7 Å². The van der Waals surface area contributed by atoms with Crippen LogP contribution in [0.15, 0.2) is 58.7 Å². The van der Waals surface area contributed by atoms with Gasteiger partial charge in [0.2, 0.25) is 5.91 Å². The highest BCUT2D eigenvalue weighted by atomic mass is 35.5. The van der Waals surface area contributed by atoms with Gasteiger partial charge in [-0.1, -0.05) is 71.4 Å². The standard InChI is InChI=1S/C17H13Cl2N3OS/c18-13-7-6-12(8-14(13)19)9-15-16(23)21-17(24-15)22-20-10-11-4-2-1-3-5-11/h1-8,10,15H,9H2,(H,21,22,23)/b20-10-/t15-/m0/s1. The van der Waals surface area contributed by atoms with Crippen molar-refractivity contribution in [2.24, 2.45) is 10.2 Å². The van der Waals surface area contributed by atoms with Crippen LogP contribution >= 0.6 is 35.0 Å². The Bertz CT molecular complexity index is 809. The molecule has 4 nitrogen and oxygen atoms in total. The maximum atomic E-state index is 12.1. The van der Waals surface area contributed by atoms with Crippen LogP contribution in [0.5, 0.6) is 0 Å². The van der Waals surface area contributed by atoms with Crippen LogP contribution in [-0.4, -0.2) is 22.5 Å². The van der Waals surface area contributed by atoms with Gasteiger partial charge < -0.3 is 5.32 Å². The molecule has 1 amide bonds. The topological polar surface area (TPSA) is 53.8 Å². The van der Waals surface area contributed by atoms with Gasteiger partial charge in [-0.25, -0.2) is 0 Å². The lowest BCUT2D eigenvalue weighted by Gasteiger charge is -2.06. The monoisotopic (exact) mass is 377 g/mol. The Morgan fingerprint density at radius 3 is 2.67 bits per heavy atom. The van der Waals surface area contributed by atoms with E-state index >= 15 is 0 Å². The molecule has 0 aromatic heterocycles. The lowest BCUT2D eigenvalue weighted by atomic mass is 10.1. The average Bonchev–Trinajstić information content (AvgIpc) is 2.92. The molecule has 2 aromatic rings. The Hall–Kier alpha value is -1.82. The molecule has 3 rings (SSSR count). The van der Waals surface area contributed by atoms with E-state index in [2.05, 4.69) is 15.5 Å². The minimum Gasteiger partial charge on any atom is -0.303 e. The lowest BCUT2D eigenvalue weighted by Crippen LogP contribution is -2.25. The number of hydrogen-bond acceptors (Lipinski definition) is 4. The van der Waals surface area contributed by atoms with Crippen molar-refractivity contribution in [2.75, 3.05) is 0 Å². The van der Waals surface area contributed by atoms with E-state index in [0.717, 1.165) is 11.1 Å². The highest BCUT2D eigenvalue weighted by Crippen LogP contribution is 2.27. The van der Waals surface area contributed by atoms with Crippen molar-refractivity contribution in [3.8, 4) is 0 Å². The predicted octanol–water partition coefficient (Wildman–Crippen LogP) is 4.16. The summed E-state index contributed by atoms with van der Waals surface area (Å²) in [6.45, 7) is 0. The van der Waals surface area contributed by atoms with Gasteiger partial charge in [-0.3, -0.25) is 4.79 Å². The third kappa shape index (κ3) is 4.38. The molecule has 1 aliphatic heterocycles. The second-order valence-corrected chi connectivity index (χ2v) is 7.11. The summed E-state index contributed by atoms with van der Waals surface area (Å²) in [6.07, 6.45) is 2.20. The van der Waals surface area contributed by atoms with Crippen LogP contribution in [0.3, 0.4) is 0 Å². The third-order valence-electron chi connectivity index (χ3n) is 3.34. The van der Waals surface area contributed by atoms with Crippen LogP contribution in [-0.2, 0) is 11.2 Å². The largest absolute Gasteiger partial charge is 0.303 e. The Labute approximate surface area is 154 Å². The molecule has 24 heavy (non-hydrogen) atoms. The zero-order valence-corrected chi connectivity index (χ0v) is 14.8. The zero-order chi connectivity index (χ0) is 16.9. The molecule has 1 atom stereocenters. The van der Waals surface area contributed by atoms with Crippen LogP contribution in [0.2, 0.25) is 10.0 Å². The van der Waals surface area contributed by atoms with E-state index in [1.54, 1.807) is 18.3 Å². The number of rotatable bonds is 4. The molecule has 1 N–H and O–H groups in total. The first-order valence-electron chi connectivity index (χ1n) is 7.19. The summed E-state index contributed by atoms with van der Waals surface area (Å²) in [5.41, 5.74) is 1.90. The van der Waals surface area contributed by atoms with Gasteiger partial charge in [0, 0.05) is 0 Å². The number of hydrogen-bond donors (Lipinski definition) is 1. The molecule has 0 unspecified atom stereocenters. The highest BCUT2D eigenvalue weighted by molar-refractivity contribution is 8.15. The van der Waals surface area contributed by atoms with Crippen LogP contribution in [0.1, 0.15) is 11.1 Å². The Balaban J connectivity index is 1.63. The quantitative estimate of drug-likeness (QED) is 0.642. The van der Waals surface area contributed by atoms with E-state index in [0.29, 0.717) is 21.6 Å². The number of benzene rings is 2. The summed E-state index contributed by atoms with van der Waals surface area (Å²) >= 11 is 13.3. The molecule has 2 aromatic carbocycles. The average molecular weight is 378 g/mol. The van der Waals surface area contributed by atoms with Gasteiger partial charge in [0.25, 0.3) is 0 Å². The molecule has 1 heterocycles. The summed E-state index contributed by atoms with van der Waals surface area (Å²) < 4.78 is 0. The summed E-state index contributed by atoms with van der Waals surface area (Å²) in [5, 5.41) is 12.0. The van der Waals surface area contributed by atoms with Crippen LogP contribution < -0.4 is 5.32 Å². The normalized spacial score (nSPS) is 19.2. The zero-order valence-electron chi connectivity index (χ0n) is 12.4. The van der Waals surface area contributed by atoms with E-state index in [4.69, 9.17) is 23.2 Å². The minimum atomic E-state index is -0.257. The van der Waals surface area contributed by atoms with Crippen LogP contribution in [0, 0.1) is 0 Å². The number of amidine groups is 1. The van der Waals surface area contributed by atoms with Crippen molar-refractivity contribution < 1.29 is 4.79 Å². The number of carbonyl (C=O) groups is 1. The minimum absolute atomic E-state index is 0.0836. The summed E-state index contributed by atoms with van der Waals surface area (Å²) in [4.78, 5) is 12.1. The van der Waals surface area contributed by atoms with Crippen LogP contribution in [0.25, 0.3) is 0 Å². The van der Waals surface area contributed by atoms with E-state index in [1.807, 2.05) is 36.4 Å². The second kappa shape index (κ2) is 7.83. The van der Waals surface area contributed by atoms with Gasteiger partial charge in [0.1, 0.15) is 0 Å². The van der Waals surface area contributed by atoms with Gasteiger partial charge in [0.05, 0.1) is 21.5 Å². The van der Waals surface area contributed by atoms with E-state index in [1.165, 1.54) is 11.8 Å². The molecule has 0 aliphatic carbocycles. The number of amides is 1. The second-order valence-electron chi connectivity index (χ2n) is 5.11. The van der Waals surface area contributed by atoms with Crippen molar-refractivity contribution in [3.63, 3.8) is 0 Å². The number of halogens is 2. The molecular formula is C17H13Cl2N3OS. The molecule has 0 radical (unpaired) electrons. The molecule has 0 spiro atoms. The van der Waals surface area contributed by atoms with Crippen molar-refractivity contribution in [1.29, 1.82) is 0 Å². The van der Waals surface area contributed by atoms with E-state index < -0.39 is 0 Å². The van der Waals surface area contributed by atoms with Crippen LogP contribution in [0.4, 0.5) is 0 Å². The molecule has 1 saturated heterocycles. The Morgan fingerprint density at radius 1 is 1.12 bits per heavy atom. The molecule has 1 fully saturated rings. The maximum absolute atomic E-state index is 12.1. The van der Waals surface area contributed by atoms with Gasteiger partial charge in [0.15, 0.2) is 5.17 Å². The first kappa shape index (κ1) is 17.0. The van der Waals surface area contributed by atoms with Crippen molar-refractivity contribution in [1.82, 2.24) is 5.32 Å². The number of nitrogens with one attached hydrogen (secondary N) is 1. The van der Waals surface area contributed by atoms with Crippen molar-refractivity contribution in [2.45, 2.75) is 11.7 Å². The first-order valence-corrected chi connectivity index (χ1v) is 8.83. The van der Waals surface area contributed by atoms with Gasteiger partial charge in [-0.05, 0) is 29.7 Å². The number of thioether (sulfide) groups is 1. The fourth-order valence-electron chi connectivity index (χ4n) is 2.15. The Kier molecular flexibility index (Phi) is 5.56. The van der Waals surface area contributed by atoms with Crippen molar-refractivity contribution >= 4 is 52.3 Å². The molecule has 1 aliphatic rings. The molecule has 0 bridgehead atoms. The fraction of sp³-hybridized carbons (Fsp3) is 0.118. The number of carbonyl (C=O) groups excluding carboxylic acids is 1. The van der Waals surface area contributed by atoms with Gasteiger partial charge >= 0.3 is 0 Å². The van der Waals surface area contributed by atoms with Gasteiger partial charge in [-0.2, -0.15) is 5.10 Å². The highest BCUT2D eigenvalue weighted by Gasteiger charge is 2.30. The summed E-state index contributed by atoms with van der Waals surface area (Å²) in [5.74, 6) is -0.0836. The molecule has 7 heteroatoms. The Morgan fingerprint density at radius 2 is 1.92 bits per heavy atom. The molecule has 0 saturated carbocycles.